The minimum absolute atomic E-state index is 0.0803. The van der Waals surface area contributed by atoms with E-state index in [9.17, 15) is 9.90 Å². The summed E-state index contributed by atoms with van der Waals surface area (Å²) in [6, 6.07) is 0.0803. The van der Waals surface area contributed by atoms with Crippen molar-refractivity contribution >= 4 is 6.09 Å². The molecule has 2 atom stereocenters. The van der Waals surface area contributed by atoms with E-state index in [-0.39, 0.29) is 25.2 Å². The number of piperidine rings is 1. The number of amides is 1. The summed E-state index contributed by atoms with van der Waals surface area (Å²) in [5.41, 5.74) is 4.06. The quantitative estimate of drug-likeness (QED) is 0.724. The van der Waals surface area contributed by atoms with Crippen molar-refractivity contribution in [1.82, 2.24) is 4.90 Å². The molecule has 1 aliphatic heterocycles. The molecule has 0 aromatic carbocycles. The number of nitrogens with two attached hydrogens (primary N) is 1. The highest BCUT2D eigenvalue weighted by Crippen LogP contribution is 2.26. The second-order valence-electron chi connectivity index (χ2n) is 5.92. The van der Waals surface area contributed by atoms with Gasteiger partial charge in [-0.15, -0.1) is 0 Å². The lowest BCUT2D eigenvalue weighted by atomic mass is 9.89. The van der Waals surface area contributed by atoms with Gasteiger partial charge in [-0.05, 0) is 40.5 Å². The van der Waals surface area contributed by atoms with Crippen LogP contribution in [0.1, 0.15) is 40.5 Å². The van der Waals surface area contributed by atoms with Gasteiger partial charge in [0.05, 0.1) is 12.1 Å². The molecule has 0 aromatic heterocycles. The summed E-state index contributed by atoms with van der Waals surface area (Å²) in [5, 5.41) is 10.1. The van der Waals surface area contributed by atoms with Crippen LogP contribution in [-0.4, -0.2) is 46.4 Å². The molecule has 1 fully saturated rings. The summed E-state index contributed by atoms with van der Waals surface area (Å²) >= 11 is 0. The van der Waals surface area contributed by atoms with E-state index >= 15 is 0 Å². The molecule has 0 spiro atoms. The Morgan fingerprint density at radius 1 is 1.59 bits per heavy atom. The van der Waals surface area contributed by atoms with Gasteiger partial charge in [0.15, 0.2) is 0 Å². The van der Waals surface area contributed by atoms with Crippen LogP contribution in [0.4, 0.5) is 4.79 Å². The van der Waals surface area contributed by atoms with Crippen molar-refractivity contribution < 1.29 is 14.6 Å². The lowest BCUT2D eigenvalue weighted by molar-refractivity contribution is -0.0528. The molecule has 1 saturated heterocycles. The molecule has 0 bridgehead atoms. The molecule has 0 aliphatic carbocycles. The van der Waals surface area contributed by atoms with E-state index in [1.165, 1.54) is 0 Å². The van der Waals surface area contributed by atoms with Crippen molar-refractivity contribution in [2.45, 2.75) is 57.8 Å². The fraction of sp³-hybridized carbons (Fsp3) is 0.917. The standard InChI is InChI=1S/C12H24N2O3/c1-9-5-6-12(16,7-13)8-14(9)10(15)17-11(2,3)4/h9,16H,5-8,13H2,1-4H3. The van der Waals surface area contributed by atoms with E-state index in [4.69, 9.17) is 10.5 Å². The van der Waals surface area contributed by atoms with E-state index in [1.54, 1.807) is 4.90 Å². The first-order valence-corrected chi connectivity index (χ1v) is 6.09. The lowest BCUT2D eigenvalue weighted by Crippen LogP contribution is -2.57. The molecule has 5 nitrogen and oxygen atoms in total. The highest BCUT2D eigenvalue weighted by molar-refractivity contribution is 5.68. The van der Waals surface area contributed by atoms with E-state index in [2.05, 4.69) is 0 Å². The summed E-state index contributed by atoms with van der Waals surface area (Å²) in [5.74, 6) is 0. The molecular formula is C12H24N2O3. The van der Waals surface area contributed by atoms with Gasteiger partial charge in [-0.1, -0.05) is 0 Å². The van der Waals surface area contributed by atoms with Crippen molar-refractivity contribution in [2.24, 2.45) is 5.73 Å². The molecule has 1 heterocycles. The van der Waals surface area contributed by atoms with Gasteiger partial charge in [0, 0.05) is 12.6 Å². The number of ether oxygens (including phenoxy) is 1. The maximum atomic E-state index is 12.0. The molecule has 0 aromatic rings. The van der Waals surface area contributed by atoms with Crippen LogP contribution in [0, 0.1) is 0 Å². The van der Waals surface area contributed by atoms with Gasteiger partial charge in [-0.3, -0.25) is 0 Å². The number of nitrogens with zero attached hydrogens (tertiary/aromatic N) is 1. The molecule has 100 valence electrons. The Morgan fingerprint density at radius 2 is 2.18 bits per heavy atom. The fourth-order valence-corrected chi connectivity index (χ4v) is 1.92. The Balaban J connectivity index is 2.70. The van der Waals surface area contributed by atoms with E-state index in [0.717, 1.165) is 6.42 Å². The molecule has 1 amide bonds. The summed E-state index contributed by atoms with van der Waals surface area (Å²) in [6.45, 7) is 7.86. The Kier molecular flexibility index (Phi) is 4.04. The number of β-amino-alcohol motifs (C(OH)–C–C–N with tert-alkyl or cyclic N) is 1. The van der Waals surface area contributed by atoms with E-state index in [0.29, 0.717) is 6.42 Å². The van der Waals surface area contributed by atoms with Crippen molar-refractivity contribution in [3.05, 3.63) is 0 Å². The Bertz CT molecular complexity index is 288. The van der Waals surface area contributed by atoms with Gasteiger partial charge in [-0.2, -0.15) is 0 Å². The molecular weight excluding hydrogens is 220 g/mol. The Labute approximate surface area is 103 Å². The van der Waals surface area contributed by atoms with Crippen LogP contribution in [0.3, 0.4) is 0 Å². The average molecular weight is 244 g/mol. The van der Waals surface area contributed by atoms with Crippen LogP contribution >= 0.6 is 0 Å². The summed E-state index contributed by atoms with van der Waals surface area (Å²) in [4.78, 5) is 13.6. The van der Waals surface area contributed by atoms with E-state index < -0.39 is 11.2 Å². The Morgan fingerprint density at radius 3 is 2.65 bits per heavy atom. The molecule has 3 N–H and O–H groups in total. The van der Waals surface area contributed by atoms with Crippen LogP contribution < -0.4 is 5.73 Å². The summed E-state index contributed by atoms with van der Waals surface area (Å²) in [7, 11) is 0. The second kappa shape index (κ2) is 4.82. The van der Waals surface area contributed by atoms with Crippen LogP contribution in [0.5, 0.6) is 0 Å². The minimum Gasteiger partial charge on any atom is -0.444 e. The van der Waals surface area contributed by atoms with Gasteiger partial charge in [0.1, 0.15) is 5.60 Å². The third-order valence-corrected chi connectivity index (χ3v) is 3.03. The SMILES string of the molecule is CC1CCC(O)(CN)CN1C(=O)OC(C)(C)C. The normalized spacial score (nSPS) is 30.2. The average Bonchev–Trinajstić information content (AvgIpc) is 2.19. The van der Waals surface area contributed by atoms with Gasteiger partial charge in [-0.25, -0.2) is 4.79 Å². The van der Waals surface area contributed by atoms with Crippen LogP contribution in [-0.2, 0) is 4.74 Å². The minimum atomic E-state index is -0.969. The van der Waals surface area contributed by atoms with Crippen molar-refractivity contribution in [3.63, 3.8) is 0 Å². The third kappa shape index (κ3) is 3.85. The number of rotatable bonds is 1. The van der Waals surface area contributed by atoms with Crippen molar-refractivity contribution in [2.75, 3.05) is 13.1 Å². The molecule has 1 rings (SSSR count). The number of hydrogen-bond acceptors (Lipinski definition) is 4. The maximum absolute atomic E-state index is 12.0. The highest BCUT2D eigenvalue weighted by Gasteiger charge is 2.39. The molecule has 0 radical (unpaired) electrons. The smallest absolute Gasteiger partial charge is 0.410 e. The zero-order valence-corrected chi connectivity index (χ0v) is 11.2. The predicted molar refractivity (Wildman–Crippen MR) is 65.6 cm³/mol. The zero-order chi connectivity index (χ0) is 13.3. The Hall–Kier alpha value is -0.810. The number of hydrogen-bond donors (Lipinski definition) is 2. The number of carbonyl (C=O) groups is 1. The zero-order valence-electron chi connectivity index (χ0n) is 11.2. The topological polar surface area (TPSA) is 75.8 Å². The molecule has 17 heavy (non-hydrogen) atoms. The first-order chi connectivity index (χ1) is 7.67. The highest BCUT2D eigenvalue weighted by atomic mass is 16.6. The predicted octanol–water partition coefficient (Wildman–Crippen LogP) is 1.10. The van der Waals surface area contributed by atoms with Crippen LogP contribution in [0.2, 0.25) is 0 Å². The van der Waals surface area contributed by atoms with Crippen LogP contribution in [0.15, 0.2) is 0 Å². The first kappa shape index (κ1) is 14.3. The van der Waals surface area contributed by atoms with Gasteiger partial charge < -0.3 is 20.5 Å². The van der Waals surface area contributed by atoms with Gasteiger partial charge in [0.2, 0.25) is 0 Å². The van der Waals surface area contributed by atoms with Crippen molar-refractivity contribution in [1.29, 1.82) is 0 Å². The second-order valence-corrected chi connectivity index (χ2v) is 5.92. The third-order valence-electron chi connectivity index (χ3n) is 3.03. The lowest BCUT2D eigenvalue weighted by Gasteiger charge is -2.42. The van der Waals surface area contributed by atoms with Gasteiger partial charge in [0.25, 0.3) is 0 Å². The molecule has 5 heteroatoms. The fourth-order valence-electron chi connectivity index (χ4n) is 1.92. The summed E-state index contributed by atoms with van der Waals surface area (Å²) < 4.78 is 5.32. The number of aliphatic hydroxyl groups is 1. The van der Waals surface area contributed by atoms with Gasteiger partial charge >= 0.3 is 6.09 Å². The monoisotopic (exact) mass is 244 g/mol. The van der Waals surface area contributed by atoms with E-state index in [1.807, 2.05) is 27.7 Å². The summed E-state index contributed by atoms with van der Waals surface area (Å²) in [6.07, 6.45) is 0.994. The largest absolute Gasteiger partial charge is 0.444 e. The molecule has 0 saturated carbocycles. The number of likely N-dealkylation sites (tertiary alicyclic amines) is 1. The van der Waals surface area contributed by atoms with Crippen molar-refractivity contribution in [3.8, 4) is 0 Å². The number of carbonyl (C=O) groups excluding carboxylic acids is 1. The maximum Gasteiger partial charge on any atom is 0.410 e. The molecule has 1 aliphatic rings. The molecule has 2 unspecified atom stereocenters. The van der Waals surface area contributed by atoms with Crippen LogP contribution in [0.25, 0.3) is 0 Å². The first-order valence-electron chi connectivity index (χ1n) is 6.09.